The van der Waals surface area contributed by atoms with Gasteiger partial charge in [0.15, 0.2) is 0 Å². The molecule has 0 aromatic rings. The van der Waals surface area contributed by atoms with Gasteiger partial charge in [-0.25, -0.2) is 0 Å². The molecule has 13 heavy (non-hydrogen) atoms. The Hall–Kier alpha value is 0.734. The summed E-state index contributed by atoms with van der Waals surface area (Å²) in [6, 6.07) is 0.199. The number of hydrogen-bond acceptors (Lipinski definition) is 2. The summed E-state index contributed by atoms with van der Waals surface area (Å²) in [5.74, 6) is 0.389. The van der Waals surface area contributed by atoms with Gasteiger partial charge < -0.3 is 18.7 Å². The zero-order valence-electron chi connectivity index (χ0n) is 8.92. The summed E-state index contributed by atoms with van der Waals surface area (Å²) in [6.07, 6.45) is 3.83. The van der Waals surface area contributed by atoms with E-state index in [2.05, 4.69) is 18.2 Å². The number of ketones is 1. The molecule has 1 radical (unpaired) electrons. The first-order chi connectivity index (χ1) is 5.29. The minimum atomic E-state index is 0. The Morgan fingerprint density at radius 2 is 2.15 bits per heavy atom. The summed E-state index contributed by atoms with van der Waals surface area (Å²) in [4.78, 5) is 13.5. The van der Waals surface area contributed by atoms with Gasteiger partial charge in [0, 0.05) is 45.2 Å². The Bertz CT molecular complexity index is 150. The molecule has 0 amide bonds. The van der Waals surface area contributed by atoms with Gasteiger partial charge >= 0.3 is 0 Å². The van der Waals surface area contributed by atoms with Crippen LogP contribution in [0.4, 0.5) is 0 Å². The Morgan fingerprint density at radius 1 is 1.54 bits per heavy atom. The molecule has 0 N–H and O–H groups in total. The van der Waals surface area contributed by atoms with Gasteiger partial charge in [0.2, 0.25) is 0 Å². The normalized spacial score (nSPS) is 21.8. The van der Waals surface area contributed by atoms with Crippen molar-refractivity contribution in [2.24, 2.45) is 0 Å². The van der Waals surface area contributed by atoms with Crippen LogP contribution in [-0.4, -0.2) is 29.8 Å². The minimum absolute atomic E-state index is 0. The van der Waals surface area contributed by atoms with Gasteiger partial charge in [-0.2, -0.15) is 6.42 Å². The van der Waals surface area contributed by atoms with Crippen molar-refractivity contribution in [2.45, 2.75) is 32.7 Å². The van der Waals surface area contributed by atoms with Gasteiger partial charge in [-0.15, -0.1) is 6.54 Å². The topological polar surface area (TPSA) is 20.3 Å². The second-order valence-corrected chi connectivity index (χ2v) is 2.95. The molecule has 1 aliphatic rings. The standard InChI is InChI=1S/C9H16NO.CH3.Y/c1-3-9(11)8-6-5-7-10(8)4-2;;/h5,8H,3-4,6-7H2,1-2H3;1H3;/q2*-1;. The molecule has 0 spiro atoms. The molecule has 1 aliphatic heterocycles. The number of hydrogen-bond donors (Lipinski definition) is 0. The molecule has 1 atom stereocenters. The fraction of sp³-hybridized carbons (Fsp3) is 0.700. The molecular formula is C10H19NOY-2. The predicted molar refractivity (Wildman–Crippen MR) is 51.7 cm³/mol. The van der Waals surface area contributed by atoms with Crippen molar-refractivity contribution in [2.75, 3.05) is 13.1 Å². The SMILES string of the molecule is CCC(=O)C1C[CH-]CN1CC.[CH3-].[Y]. The van der Waals surface area contributed by atoms with E-state index >= 15 is 0 Å². The van der Waals surface area contributed by atoms with Crippen LogP contribution in [0.3, 0.4) is 0 Å². The first kappa shape index (κ1) is 16.2. The molecule has 1 fully saturated rings. The van der Waals surface area contributed by atoms with Crippen LogP contribution >= 0.6 is 0 Å². The Morgan fingerprint density at radius 3 is 2.62 bits per heavy atom. The van der Waals surface area contributed by atoms with Crippen LogP contribution < -0.4 is 0 Å². The van der Waals surface area contributed by atoms with Gasteiger partial charge in [-0.05, 0) is 6.54 Å². The Kier molecular flexibility index (Phi) is 10.0. The van der Waals surface area contributed by atoms with Crippen molar-refractivity contribution < 1.29 is 37.5 Å². The quantitative estimate of drug-likeness (QED) is 0.718. The van der Waals surface area contributed by atoms with Gasteiger partial charge in [0.05, 0.1) is 0 Å². The summed E-state index contributed by atoms with van der Waals surface area (Å²) in [6.45, 7) is 6.03. The molecule has 0 aromatic heterocycles. The second-order valence-electron chi connectivity index (χ2n) is 2.95. The van der Waals surface area contributed by atoms with E-state index in [-0.39, 0.29) is 46.2 Å². The molecule has 75 valence electrons. The largest absolute Gasteiger partial charge is 0.358 e. The molecule has 1 heterocycles. The van der Waals surface area contributed by atoms with Crippen LogP contribution in [-0.2, 0) is 37.5 Å². The summed E-state index contributed by atoms with van der Waals surface area (Å²) in [5, 5.41) is 0. The van der Waals surface area contributed by atoms with Crippen LogP contribution in [0, 0.1) is 13.8 Å². The van der Waals surface area contributed by atoms with Crippen molar-refractivity contribution in [3.63, 3.8) is 0 Å². The van der Waals surface area contributed by atoms with Crippen molar-refractivity contribution >= 4 is 5.78 Å². The van der Waals surface area contributed by atoms with E-state index in [1.54, 1.807) is 0 Å². The van der Waals surface area contributed by atoms with E-state index in [0.29, 0.717) is 12.2 Å². The van der Waals surface area contributed by atoms with Crippen molar-refractivity contribution in [1.29, 1.82) is 0 Å². The second kappa shape index (κ2) is 8.08. The van der Waals surface area contributed by atoms with Gasteiger partial charge in [0.25, 0.3) is 0 Å². The fourth-order valence-corrected chi connectivity index (χ4v) is 1.59. The molecular weight excluding hydrogens is 239 g/mol. The maximum atomic E-state index is 11.3. The van der Waals surface area contributed by atoms with E-state index < -0.39 is 0 Å². The van der Waals surface area contributed by atoms with E-state index in [0.717, 1.165) is 19.5 Å². The van der Waals surface area contributed by atoms with Gasteiger partial charge in [-0.1, -0.05) is 13.8 Å². The number of rotatable bonds is 3. The van der Waals surface area contributed by atoms with E-state index in [1.165, 1.54) is 0 Å². The zero-order chi connectivity index (χ0) is 8.27. The number of nitrogens with zero attached hydrogens (tertiary/aromatic N) is 1. The maximum absolute atomic E-state index is 11.3. The average molecular weight is 258 g/mol. The molecule has 0 saturated carbocycles. The molecule has 0 aliphatic carbocycles. The third-order valence-electron chi connectivity index (χ3n) is 2.32. The number of Topliss-reactive ketones (excluding diaryl/α,β-unsaturated/α-hetero) is 1. The first-order valence-corrected chi connectivity index (χ1v) is 4.38. The number of carbonyl (C=O) groups is 1. The predicted octanol–water partition coefficient (Wildman–Crippen LogP) is 1.71. The maximum Gasteiger partial charge on any atom is 0.146 e. The molecule has 1 saturated heterocycles. The van der Waals surface area contributed by atoms with E-state index in [1.807, 2.05) is 6.92 Å². The summed E-state index contributed by atoms with van der Waals surface area (Å²) in [7, 11) is 0. The molecule has 1 unspecified atom stereocenters. The number of likely N-dealkylation sites (N-methyl/N-ethyl adjacent to an activating group) is 1. The number of likely N-dealkylation sites (tertiary alicyclic amines) is 1. The molecule has 0 bridgehead atoms. The Labute approximate surface area is 107 Å². The third kappa shape index (κ3) is 4.18. The van der Waals surface area contributed by atoms with Crippen LogP contribution in [0.25, 0.3) is 0 Å². The van der Waals surface area contributed by atoms with Crippen LogP contribution in [0.1, 0.15) is 26.7 Å². The minimum Gasteiger partial charge on any atom is -0.358 e. The van der Waals surface area contributed by atoms with Crippen LogP contribution in [0.2, 0.25) is 0 Å². The average Bonchev–Trinajstić information content (AvgIpc) is 2.50. The van der Waals surface area contributed by atoms with Crippen LogP contribution in [0.15, 0.2) is 0 Å². The van der Waals surface area contributed by atoms with E-state index in [4.69, 9.17) is 0 Å². The van der Waals surface area contributed by atoms with E-state index in [9.17, 15) is 4.79 Å². The summed E-state index contributed by atoms with van der Waals surface area (Å²) in [5.41, 5.74) is 0. The van der Waals surface area contributed by atoms with Crippen molar-refractivity contribution in [3.8, 4) is 0 Å². The zero-order valence-corrected chi connectivity index (χ0v) is 11.8. The number of carbonyl (C=O) groups excluding carboxylic acids is 1. The Balaban J connectivity index is 0. The van der Waals surface area contributed by atoms with Crippen molar-refractivity contribution in [3.05, 3.63) is 13.8 Å². The van der Waals surface area contributed by atoms with Gasteiger partial charge in [-0.3, -0.25) is 4.79 Å². The first-order valence-electron chi connectivity index (χ1n) is 4.38. The van der Waals surface area contributed by atoms with Crippen molar-refractivity contribution in [1.82, 2.24) is 4.90 Å². The molecule has 0 aromatic carbocycles. The molecule has 1 rings (SSSR count). The molecule has 3 heteroatoms. The molecule has 2 nitrogen and oxygen atoms in total. The third-order valence-corrected chi connectivity index (χ3v) is 2.32. The van der Waals surface area contributed by atoms with Crippen LogP contribution in [0.5, 0.6) is 0 Å². The summed E-state index contributed by atoms with van der Waals surface area (Å²) >= 11 is 0. The van der Waals surface area contributed by atoms with Gasteiger partial charge in [0.1, 0.15) is 5.78 Å². The monoisotopic (exact) mass is 258 g/mol. The fourth-order valence-electron chi connectivity index (χ4n) is 1.59. The smallest absolute Gasteiger partial charge is 0.146 e. The summed E-state index contributed by atoms with van der Waals surface area (Å²) < 4.78 is 0.